The smallest absolute Gasteiger partial charge is 0.125 e. The van der Waals surface area contributed by atoms with Crippen LogP contribution in [0.1, 0.15) is 37.6 Å². The van der Waals surface area contributed by atoms with E-state index in [0.717, 1.165) is 18.9 Å². The number of rotatable bonds is 5. The van der Waals surface area contributed by atoms with E-state index in [1.807, 2.05) is 19.3 Å². The van der Waals surface area contributed by atoms with Crippen LogP contribution in [-0.2, 0) is 6.54 Å². The maximum atomic E-state index is 4.21. The first-order valence-corrected chi connectivity index (χ1v) is 7.02. The number of hydrogen-bond donors (Lipinski definition) is 1. The van der Waals surface area contributed by atoms with Crippen molar-refractivity contribution in [3.8, 4) is 0 Å². The van der Waals surface area contributed by atoms with Gasteiger partial charge < -0.3 is 5.32 Å². The molecule has 1 saturated heterocycles. The van der Waals surface area contributed by atoms with Crippen molar-refractivity contribution in [1.29, 1.82) is 0 Å². The largest absolute Gasteiger partial charge is 0.311 e. The van der Waals surface area contributed by atoms with E-state index >= 15 is 0 Å². The van der Waals surface area contributed by atoms with Gasteiger partial charge in [-0.2, -0.15) is 0 Å². The Balaban J connectivity index is 1.75. The minimum atomic E-state index is 0.704. The minimum Gasteiger partial charge on any atom is -0.311 e. The second-order valence-electron chi connectivity index (χ2n) is 5.05. The fourth-order valence-electron chi connectivity index (χ4n) is 2.60. The molecule has 100 valence electrons. The van der Waals surface area contributed by atoms with Crippen molar-refractivity contribution in [3.63, 3.8) is 0 Å². The number of piperidine rings is 1. The molecule has 1 aromatic rings. The summed E-state index contributed by atoms with van der Waals surface area (Å²) in [7, 11) is 0. The van der Waals surface area contributed by atoms with Crippen LogP contribution in [0.25, 0.3) is 0 Å². The molecule has 18 heavy (non-hydrogen) atoms. The molecule has 1 N–H and O–H groups in total. The van der Waals surface area contributed by atoms with E-state index in [2.05, 4.69) is 27.1 Å². The van der Waals surface area contributed by atoms with Gasteiger partial charge in [0.25, 0.3) is 0 Å². The fourth-order valence-corrected chi connectivity index (χ4v) is 2.60. The number of nitrogens with one attached hydrogen (secondary N) is 1. The fraction of sp³-hybridized carbons (Fsp3) is 0.714. The molecule has 0 radical (unpaired) electrons. The number of aromatic nitrogens is 2. The van der Waals surface area contributed by atoms with Crippen LogP contribution >= 0.6 is 0 Å². The van der Waals surface area contributed by atoms with Gasteiger partial charge in [-0.25, -0.2) is 9.97 Å². The Hall–Kier alpha value is -1.00. The summed E-state index contributed by atoms with van der Waals surface area (Å²) < 4.78 is 0. The summed E-state index contributed by atoms with van der Waals surface area (Å²) in [4.78, 5) is 11.0. The van der Waals surface area contributed by atoms with E-state index in [1.165, 1.54) is 37.9 Å². The van der Waals surface area contributed by atoms with Crippen LogP contribution in [0.15, 0.2) is 12.4 Å². The normalized spacial score (nSPS) is 21.1. The predicted molar refractivity (Wildman–Crippen MR) is 73.4 cm³/mol. The van der Waals surface area contributed by atoms with Crippen molar-refractivity contribution in [1.82, 2.24) is 20.2 Å². The van der Waals surface area contributed by atoms with E-state index in [1.54, 1.807) is 0 Å². The van der Waals surface area contributed by atoms with Gasteiger partial charge in [0.15, 0.2) is 0 Å². The van der Waals surface area contributed by atoms with Gasteiger partial charge in [-0.1, -0.05) is 13.3 Å². The van der Waals surface area contributed by atoms with Crippen molar-refractivity contribution in [2.24, 2.45) is 0 Å². The van der Waals surface area contributed by atoms with E-state index in [-0.39, 0.29) is 0 Å². The molecular weight excluding hydrogens is 224 g/mol. The molecule has 0 bridgehead atoms. The molecule has 1 fully saturated rings. The van der Waals surface area contributed by atoms with Crippen molar-refractivity contribution in [3.05, 3.63) is 23.8 Å². The van der Waals surface area contributed by atoms with E-state index in [0.29, 0.717) is 6.04 Å². The molecule has 1 aromatic heterocycles. The van der Waals surface area contributed by atoms with E-state index < -0.39 is 0 Å². The third kappa shape index (κ3) is 3.75. The van der Waals surface area contributed by atoms with Crippen LogP contribution < -0.4 is 5.32 Å². The van der Waals surface area contributed by atoms with Crippen molar-refractivity contribution in [2.45, 2.75) is 45.7 Å². The van der Waals surface area contributed by atoms with E-state index in [4.69, 9.17) is 0 Å². The zero-order valence-corrected chi connectivity index (χ0v) is 11.5. The lowest BCUT2D eigenvalue weighted by Crippen LogP contribution is -2.45. The average molecular weight is 248 g/mol. The van der Waals surface area contributed by atoms with Gasteiger partial charge in [0.05, 0.1) is 0 Å². The lowest BCUT2D eigenvalue weighted by atomic mass is 10.0. The average Bonchev–Trinajstić information content (AvgIpc) is 2.41. The molecular formula is C14H24N4. The van der Waals surface area contributed by atoms with Gasteiger partial charge in [-0.15, -0.1) is 0 Å². The van der Waals surface area contributed by atoms with Gasteiger partial charge in [-0.3, -0.25) is 4.90 Å². The summed E-state index contributed by atoms with van der Waals surface area (Å²) in [5.74, 6) is 0.836. The molecule has 0 aliphatic carbocycles. The summed E-state index contributed by atoms with van der Waals surface area (Å²) in [6.07, 6.45) is 7.87. The number of likely N-dealkylation sites (tertiary alicyclic amines) is 1. The Morgan fingerprint density at radius 2 is 2.11 bits per heavy atom. The number of hydrogen-bond acceptors (Lipinski definition) is 4. The van der Waals surface area contributed by atoms with Crippen LogP contribution in [0.3, 0.4) is 0 Å². The Labute approximate surface area is 110 Å². The van der Waals surface area contributed by atoms with Crippen molar-refractivity contribution < 1.29 is 0 Å². The molecule has 1 unspecified atom stereocenters. The molecule has 1 atom stereocenters. The molecule has 0 aromatic carbocycles. The first-order valence-electron chi connectivity index (χ1n) is 7.02. The molecule has 1 aliphatic rings. The van der Waals surface area contributed by atoms with Crippen LogP contribution in [0, 0.1) is 6.92 Å². The summed E-state index contributed by atoms with van der Waals surface area (Å²) in [6.45, 7) is 8.54. The van der Waals surface area contributed by atoms with Crippen LogP contribution in [0.2, 0.25) is 0 Å². The van der Waals surface area contributed by atoms with Gasteiger partial charge in [0.2, 0.25) is 0 Å². The highest BCUT2D eigenvalue weighted by atomic mass is 15.2. The summed E-state index contributed by atoms with van der Waals surface area (Å²) in [6, 6.07) is 0.704. The summed E-state index contributed by atoms with van der Waals surface area (Å²) in [5.41, 5.74) is 1.17. The van der Waals surface area contributed by atoms with E-state index in [9.17, 15) is 0 Å². The third-order valence-corrected chi connectivity index (χ3v) is 3.70. The SMILES string of the molecule is CCN1CCCCC1CNCc1cnc(C)nc1. The summed E-state index contributed by atoms with van der Waals surface area (Å²) >= 11 is 0. The zero-order valence-electron chi connectivity index (χ0n) is 11.5. The topological polar surface area (TPSA) is 41.0 Å². The minimum absolute atomic E-state index is 0.704. The monoisotopic (exact) mass is 248 g/mol. The Bertz CT molecular complexity index is 349. The first-order chi connectivity index (χ1) is 8.79. The van der Waals surface area contributed by atoms with Gasteiger partial charge in [0, 0.05) is 37.1 Å². The van der Waals surface area contributed by atoms with Crippen LogP contribution in [0.5, 0.6) is 0 Å². The lowest BCUT2D eigenvalue weighted by molar-refractivity contribution is 0.153. The second kappa shape index (κ2) is 6.81. The van der Waals surface area contributed by atoms with Gasteiger partial charge in [-0.05, 0) is 32.9 Å². The third-order valence-electron chi connectivity index (χ3n) is 3.70. The lowest BCUT2D eigenvalue weighted by Gasteiger charge is -2.35. The molecule has 4 heteroatoms. The van der Waals surface area contributed by atoms with Gasteiger partial charge in [0.1, 0.15) is 5.82 Å². The van der Waals surface area contributed by atoms with Crippen molar-refractivity contribution >= 4 is 0 Å². The molecule has 0 spiro atoms. The first kappa shape index (κ1) is 13.4. The molecule has 2 rings (SSSR count). The summed E-state index contributed by atoms with van der Waals surface area (Å²) in [5, 5.41) is 3.53. The standard InChI is InChI=1S/C14H24N4/c1-3-18-7-5-4-6-14(18)11-15-8-13-9-16-12(2)17-10-13/h9-10,14-15H,3-8,11H2,1-2H3. The highest BCUT2D eigenvalue weighted by Crippen LogP contribution is 2.15. The number of aryl methyl sites for hydroxylation is 1. The maximum Gasteiger partial charge on any atom is 0.125 e. The molecule has 0 saturated carbocycles. The van der Waals surface area contributed by atoms with Gasteiger partial charge >= 0.3 is 0 Å². The molecule has 0 amide bonds. The quantitative estimate of drug-likeness (QED) is 0.862. The zero-order chi connectivity index (χ0) is 12.8. The molecule has 2 heterocycles. The molecule has 1 aliphatic heterocycles. The highest BCUT2D eigenvalue weighted by Gasteiger charge is 2.19. The molecule has 4 nitrogen and oxygen atoms in total. The highest BCUT2D eigenvalue weighted by molar-refractivity contribution is 5.04. The Morgan fingerprint density at radius 1 is 1.33 bits per heavy atom. The maximum absolute atomic E-state index is 4.21. The number of nitrogens with zero attached hydrogens (tertiary/aromatic N) is 3. The number of likely N-dealkylation sites (N-methyl/N-ethyl adjacent to an activating group) is 1. The Morgan fingerprint density at radius 3 is 2.83 bits per heavy atom. The van der Waals surface area contributed by atoms with Crippen LogP contribution in [-0.4, -0.2) is 40.5 Å². The Kier molecular flexibility index (Phi) is 5.08. The predicted octanol–water partition coefficient (Wildman–Crippen LogP) is 1.75. The second-order valence-corrected chi connectivity index (χ2v) is 5.05. The van der Waals surface area contributed by atoms with Crippen molar-refractivity contribution in [2.75, 3.05) is 19.6 Å². The van der Waals surface area contributed by atoms with Crippen LogP contribution in [0.4, 0.5) is 0 Å².